The monoisotopic (exact) mass is 406 g/mol. The number of carboxylic acids is 1. The number of aromatic carboxylic acids is 1. The average Bonchev–Trinajstić information content (AvgIpc) is 2.95. The van der Waals surface area contributed by atoms with Gasteiger partial charge in [-0.25, -0.2) is 9.18 Å². The molecule has 1 fully saturated rings. The lowest BCUT2D eigenvalue weighted by Gasteiger charge is -2.26. The van der Waals surface area contributed by atoms with Crippen molar-refractivity contribution in [1.82, 2.24) is 9.88 Å². The van der Waals surface area contributed by atoms with Crippen LogP contribution in [0, 0.1) is 19.7 Å². The van der Waals surface area contributed by atoms with Crippen LogP contribution < -0.4 is 5.32 Å². The van der Waals surface area contributed by atoms with Gasteiger partial charge in [-0.1, -0.05) is 54.4 Å². The van der Waals surface area contributed by atoms with E-state index in [1.165, 1.54) is 12.5 Å². The van der Waals surface area contributed by atoms with Crippen LogP contribution in [0.3, 0.4) is 0 Å². The van der Waals surface area contributed by atoms with E-state index in [0.717, 1.165) is 29.7 Å². The van der Waals surface area contributed by atoms with E-state index in [1.54, 1.807) is 18.2 Å². The molecule has 1 aromatic heterocycles. The zero-order valence-electron chi connectivity index (χ0n) is 17.4. The third-order valence-electron chi connectivity index (χ3n) is 6.10. The summed E-state index contributed by atoms with van der Waals surface area (Å²) in [7, 11) is 0. The van der Waals surface area contributed by atoms with Gasteiger partial charge >= 0.3 is 5.97 Å². The predicted octanol–water partition coefficient (Wildman–Crippen LogP) is 5.30. The third-order valence-corrected chi connectivity index (χ3v) is 6.10. The molecule has 30 heavy (non-hydrogen) atoms. The summed E-state index contributed by atoms with van der Waals surface area (Å²) in [6.07, 6.45) is 3.39. The maximum absolute atomic E-state index is 14.7. The Kier molecular flexibility index (Phi) is 5.73. The predicted molar refractivity (Wildman–Crippen MR) is 116 cm³/mol. The van der Waals surface area contributed by atoms with Gasteiger partial charge in [-0.3, -0.25) is 0 Å². The number of aromatic nitrogens is 1. The Hall–Kier alpha value is -2.92. The second-order valence-electron chi connectivity index (χ2n) is 8.15. The number of nitrogens with zero attached hydrogens (tertiary/aromatic N) is 1. The van der Waals surface area contributed by atoms with Crippen LogP contribution in [0.1, 0.15) is 52.1 Å². The third kappa shape index (κ3) is 3.90. The molecular weight excluding hydrogens is 379 g/mol. The van der Waals surface area contributed by atoms with Gasteiger partial charge < -0.3 is 15.0 Å². The largest absolute Gasteiger partial charge is 0.477 e. The molecular formula is C25H27FN2O2. The first-order chi connectivity index (χ1) is 14.5. The number of nitrogens with one attached hydrogen (secondary N) is 1. The highest BCUT2D eigenvalue weighted by Gasteiger charge is 2.28. The van der Waals surface area contributed by atoms with E-state index in [1.807, 2.05) is 42.7 Å². The van der Waals surface area contributed by atoms with Crippen molar-refractivity contribution in [2.24, 2.45) is 0 Å². The van der Waals surface area contributed by atoms with Gasteiger partial charge in [0.1, 0.15) is 11.5 Å². The molecule has 0 aliphatic heterocycles. The van der Waals surface area contributed by atoms with Crippen molar-refractivity contribution in [2.45, 2.75) is 52.2 Å². The van der Waals surface area contributed by atoms with Gasteiger partial charge in [-0.05, 0) is 38.3 Å². The Labute approximate surface area is 176 Å². The standard InChI is InChI=1S/C25H27FN2O2/c1-16-10-12-18(13-11-16)15-28-17(2)23(20-8-3-4-9-22(20)26)21(24(28)25(29)30)14-27-19-6-5-7-19/h3-4,8-13,19,27H,5-7,14-15H2,1-2H3,(H,29,30). The molecule has 1 saturated carbocycles. The molecule has 5 heteroatoms. The number of hydrogen-bond acceptors (Lipinski definition) is 2. The second kappa shape index (κ2) is 8.44. The number of carboxylic acid groups (broad SMARTS) is 1. The summed E-state index contributed by atoms with van der Waals surface area (Å²) in [5, 5.41) is 13.6. The molecule has 3 aromatic rings. The summed E-state index contributed by atoms with van der Waals surface area (Å²) in [5.41, 5.74) is 4.96. The minimum atomic E-state index is -0.988. The number of carbonyl (C=O) groups is 1. The van der Waals surface area contributed by atoms with Gasteiger partial charge in [0.15, 0.2) is 0 Å². The van der Waals surface area contributed by atoms with E-state index < -0.39 is 5.97 Å². The zero-order chi connectivity index (χ0) is 21.3. The molecule has 1 aliphatic rings. The molecule has 0 spiro atoms. The molecule has 156 valence electrons. The molecule has 4 nitrogen and oxygen atoms in total. The Bertz CT molecular complexity index is 1070. The minimum absolute atomic E-state index is 0.234. The van der Waals surface area contributed by atoms with E-state index in [0.29, 0.717) is 35.8 Å². The molecule has 4 rings (SSSR count). The number of benzene rings is 2. The van der Waals surface area contributed by atoms with Crippen LogP contribution in [0.5, 0.6) is 0 Å². The first-order valence-electron chi connectivity index (χ1n) is 10.4. The maximum Gasteiger partial charge on any atom is 0.352 e. The van der Waals surface area contributed by atoms with Gasteiger partial charge in [-0.15, -0.1) is 0 Å². The van der Waals surface area contributed by atoms with E-state index >= 15 is 0 Å². The van der Waals surface area contributed by atoms with Crippen LogP contribution in [0.2, 0.25) is 0 Å². The maximum atomic E-state index is 14.7. The fourth-order valence-electron chi connectivity index (χ4n) is 4.17. The minimum Gasteiger partial charge on any atom is -0.477 e. The number of aryl methyl sites for hydroxylation is 1. The highest BCUT2D eigenvalue weighted by molar-refractivity contribution is 5.92. The van der Waals surface area contributed by atoms with Crippen molar-refractivity contribution in [2.75, 3.05) is 0 Å². The normalized spacial score (nSPS) is 14.0. The Morgan fingerprint density at radius 1 is 1.13 bits per heavy atom. The van der Waals surface area contributed by atoms with Crippen molar-refractivity contribution < 1.29 is 14.3 Å². The molecule has 0 amide bonds. The highest BCUT2D eigenvalue weighted by Crippen LogP contribution is 2.35. The first-order valence-corrected chi connectivity index (χ1v) is 10.4. The summed E-state index contributed by atoms with van der Waals surface area (Å²) >= 11 is 0. The van der Waals surface area contributed by atoms with Crippen LogP contribution in [0.4, 0.5) is 4.39 Å². The SMILES string of the molecule is Cc1ccc(Cn2c(C)c(-c3ccccc3F)c(CNC3CCC3)c2C(=O)O)cc1. The van der Waals surface area contributed by atoms with E-state index in [2.05, 4.69) is 5.32 Å². The van der Waals surface area contributed by atoms with E-state index in [4.69, 9.17) is 0 Å². The second-order valence-corrected chi connectivity index (χ2v) is 8.15. The Morgan fingerprint density at radius 3 is 2.43 bits per heavy atom. The van der Waals surface area contributed by atoms with Gasteiger partial charge in [0.25, 0.3) is 0 Å². The molecule has 0 unspecified atom stereocenters. The molecule has 0 bridgehead atoms. The molecule has 2 N–H and O–H groups in total. The van der Waals surface area contributed by atoms with Crippen LogP contribution in [0.25, 0.3) is 11.1 Å². The van der Waals surface area contributed by atoms with Crippen LogP contribution >= 0.6 is 0 Å². The van der Waals surface area contributed by atoms with Gasteiger partial charge in [0, 0.05) is 41.5 Å². The van der Waals surface area contributed by atoms with Crippen LogP contribution in [-0.2, 0) is 13.1 Å². The number of rotatable bonds is 7. The summed E-state index contributed by atoms with van der Waals surface area (Å²) in [4.78, 5) is 12.4. The average molecular weight is 407 g/mol. The molecule has 2 aromatic carbocycles. The van der Waals surface area contributed by atoms with Gasteiger partial charge in [-0.2, -0.15) is 0 Å². The van der Waals surface area contributed by atoms with E-state index in [-0.39, 0.29) is 11.5 Å². The fraction of sp³-hybridized carbons (Fsp3) is 0.320. The molecule has 0 radical (unpaired) electrons. The summed E-state index contributed by atoms with van der Waals surface area (Å²) < 4.78 is 16.6. The molecule has 0 saturated heterocycles. The van der Waals surface area contributed by atoms with Crippen molar-refractivity contribution in [3.63, 3.8) is 0 Å². The highest BCUT2D eigenvalue weighted by atomic mass is 19.1. The Morgan fingerprint density at radius 2 is 1.83 bits per heavy atom. The molecule has 1 heterocycles. The topological polar surface area (TPSA) is 54.3 Å². The lowest BCUT2D eigenvalue weighted by molar-refractivity contribution is 0.0683. The van der Waals surface area contributed by atoms with E-state index in [9.17, 15) is 14.3 Å². The zero-order valence-corrected chi connectivity index (χ0v) is 17.4. The molecule has 1 aliphatic carbocycles. The number of halogens is 1. The van der Waals surface area contributed by atoms with Crippen LogP contribution in [0.15, 0.2) is 48.5 Å². The molecule has 0 atom stereocenters. The lowest BCUT2D eigenvalue weighted by atomic mass is 9.92. The first kappa shape index (κ1) is 20.4. The summed E-state index contributed by atoms with van der Waals surface area (Å²) in [6.45, 7) is 4.75. The lowest BCUT2D eigenvalue weighted by Crippen LogP contribution is -2.35. The quantitative estimate of drug-likeness (QED) is 0.560. The number of hydrogen-bond donors (Lipinski definition) is 2. The van der Waals surface area contributed by atoms with Crippen molar-refractivity contribution in [3.8, 4) is 11.1 Å². The van der Waals surface area contributed by atoms with Crippen LogP contribution in [-0.4, -0.2) is 21.7 Å². The van der Waals surface area contributed by atoms with Gasteiger partial charge in [0.05, 0.1) is 0 Å². The smallest absolute Gasteiger partial charge is 0.352 e. The summed E-state index contributed by atoms with van der Waals surface area (Å²) in [6, 6.07) is 15.1. The van der Waals surface area contributed by atoms with Crippen molar-refractivity contribution >= 4 is 5.97 Å². The van der Waals surface area contributed by atoms with Gasteiger partial charge in [0.2, 0.25) is 0 Å². The van der Waals surface area contributed by atoms with Crippen molar-refractivity contribution in [1.29, 1.82) is 0 Å². The Balaban J connectivity index is 1.85. The fourth-order valence-corrected chi connectivity index (χ4v) is 4.17. The summed E-state index contributed by atoms with van der Waals surface area (Å²) in [5.74, 6) is -1.33. The van der Waals surface area contributed by atoms with Crippen molar-refractivity contribution in [3.05, 3.63) is 82.4 Å².